The first-order chi connectivity index (χ1) is 13.3. The van der Waals surface area contributed by atoms with E-state index in [1.165, 1.54) is 54.0 Å². The minimum absolute atomic E-state index is 0.215. The number of benzene rings is 3. The van der Waals surface area contributed by atoms with Crippen molar-refractivity contribution in [1.29, 1.82) is 0 Å². The van der Waals surface area contributed by atoms with Gasteiger partial charge >= 0.3 is 0 Å². The summed E-state index contributed by atoms with van der Waals surface area (Å²) in [4.78, 5) is 0. The van der Waals surface area contributed by atoms with Gasteiger partial charge in [0.1, 0.15) is 0 Å². The highest BCUT2D eigenvalue weighted by Crippen LogP contribution is 2.70. The standard InChI is InChI=1S/C26H23Cl/c27-23-7-3-6-21-25(23)24-20-5-2-1-4-17(20)8-9-22(24)26(21)18-11-15-10-16(13-18)14-19(26)12-15/h1-9,15-16,18-19H,10-14H2. The summed E-state index contributed by atoms with van der Waals surface area (Å²) in [5.41, 5.74) is 6.15. The molecule has 3 aromatic rings. The molecule has 0 aromatic heterocycles. The topological polar surface area (TPSA) is 0 Å². The van der Waals surface area contributed by atoms with Crippen LogP contribution in [0.2, 0.25) is 5.02 Å². The van der Waals surface area contributed by atoms with E-state index in [9.17, 15) is 0 Å². The predicted octanol–water partition coefficient (Wildman–Crippen LogP) is 7.22. The van der Waals surface area contributed by atoms with Crippen LogP contribution in [-0.4, -0.2) is 0 Å². The third-order valence-electron chi connectivity index (χ3n) is 8.51. The zero-order chi connectivity index (χ0) is 17.8. The summed E-state index contributed by atoms with van der Waals surface area (Å²) in [5.74, 6) is 3.55. The fourth-order valence-electron chi connectivity index (χ4n) is 7.96. The van der Waals surface area contributed by atoms with Crippen molar-refractivity contribution in [1.82, 2.24) is 0 Å². The van der Waals surface area contributed by atoms with Gasteiger partial charge in [0.2, 0.25) is 0 Å². The van der Waals surface area contributed by atoms with Gasteiger partial charge in [0.05, 0.1) is 0 Å². The minimum atomic E-state index is 0.215. The molecule has 5 aliphatic rings. The Bertz CT molecular complexity index is 1080. The summed E-state index contributed by atoms with van der Waals surface area (Å²) in [6.45, 7) is 0. The molecule has 4 saturated carbocycles. The highest BCUT2D eigenvalue weighted by Gasteiger charge is 2.61. The van der Waals surface area contributed by atoms with E-state index < -0.39 is 0 Å². The normalized spacial score (nSPS) is 35.0. The van der Waals surface area contributed by atoms with Crippen molar-refractivity contribution in [2.24, 2.45) is 23.7 Å². The van der Waals surface area contributed by atoms with Crippen LogP contribution in [0.25, 0.3) is 21.9 Å². The van der Waals surface area contributed by atoms with Gasteiger partial charge in [-0.25, -0.2) is 0 Å². The van der Waals surface area contributed by atoms with Crippen LogP contribution >= 0.6 is 11.6 Å². The van der Waals surface area contributed by atoms with Crippen molar-refractivity contribution in [2.75, 3.05) is 0 Å². The van der Waals surface area contributed by atoms with Gasteiger partial charge in [0.15, 0.2) is 0 Å². The fourth-order valence-corrected chi connectivity index (χ4v) is 8.23. The van der Waals surface area contributed by atoms with E-state index in [1.54, 1.807) is 11.1 Å². The molecule has 4 fully saturated rings. The average molecular weight is 371 g/mol. The largest absolute Gasteiger partial charge is 0.0837 e. The molecule has 0 nitrogen and oxygen atoms in total. The second kappa shape index (κ2) is 4.97. The Morgan fingerprint density at radius 3 is 2.15 bits per heavy atom. The molecule has 5 aliphatic carbocycles. The Hall–Kier alpha value is -1.79. The van der Waals surface area contributed by atoms with Crippen molar-refractivity contribution in [3.8, 4) is 11.1 Å². The van der Waals surface area contributed by atoms with Crippen molar-refractivity contribution < 1.29 is 0 Å². The van der Waals surface area contributed by atoms with E-state index >= 15 is 0 Å². The predicted molar refractivity (Wildman–Crippen MR) is 112 cm³/mol. The highest BCUT2D eigenvalue weighted by atomic mass is 35.5. The van der Waals surface area contributed by atoms with Gasteiger partial charge in [-0.05, 0) is 89.3 Å². The van der Waals surface area contributed by atoms with E-state index in [0.717, 1.165) is 28.7 Å². The lowest BCUT2D eigenvalue weighted by molar-refractivity contribution is -0.0399. The maximum absolute atomic E-state index is 6.89. The lowest BCUT2D eigenvalue weighted by Crippen LogP contribution is -2.55. The van der Waals surface area contributed by atoms with Crippen LogP contribution in [0.4, 0.5) is 0 Å². The molecular formula is C26H23Cl. The molecule has 0 saturated heterocycles. The summed E-state index contributed by atoms with van der Waals surface area (Å²) < 4.78 is 0. The molecule has 0 atom stereocenters. The van der Waals surface area contributed by atoms with Crippen molar-refractivity contribution in [3.05, 3.63) is 70.7 Å². The molecular weight excluding hydrogens is 348 g/mol. The molecule has 3 aromatic carbocycles. The van der Waals surface area contributed by atoms with Gasteiger partial charge in [-0.15, -0.1) is 0 Å². The van der Waals surface area contributed by atoms with Crippen molar-refractivity contribution in [3.63, 3.8) is 0 Å². The maximum atomic E-state index is 6.89. The summed E-state index contributed by atoms with van der Waals surface area (Å²) in [7, 11) is 0. The molecule has 27 heavy (non-hydrogen) atoms. The Morgan fingerprint density at radius 1 is 0.667 bits per heavy atom. The molecule has 0 heterocycles. The van der Waals surface area contributed by atoms with E-state index in [-0.39, 0.29) is 5.41 Å². The SMILES string of the molecule is Clc1cccc2c1-c1c(ccc3ccccc13)C21C2CC3CC(C2)CC1C3. The molecule has 1 heteroatoms. The first-order valence-electron chi connectivity index (χ1n) is 10.6. The Morgan fingerprint density at radius 2 is 1.37 bits per heavy atom. The summed E-state index contributed by atoms with van der Waals surface area (Å²) >= 11 is 6.89. The lowest BCUT2D eigenvalue weighted by Gasteiger charge is -2.61. The Balaban J connectivity index is 1.63. The number of fused-ring (bicyclic) bond motifs is 5. The highest BCUT2D eigenvalue weighted by molar-refractivity contribution is 6.34. The van der Waals surface area contributed by atoms with Crippen LogP contribution in [0.1, 0.15) is 43.2 Å². The van der Waals surface area contributed by atoms with E-state index in [2.05, 4.69) is 54.6 Å². The quantitative estimate of drug-likeness (QED) is 0.392. The second-order valence-corrected chi connectivity index (χ2v) is 9.95. The summed E-state index contributed by atoms with van der Waals surface area (Å²) in [5, 5.41) is 3.66. The fraction of sp³-hybridized carbons (Fsp3) is 0.385. The van der Waals surface area contributed by atoms with Crippen LogP contribution in [-0.2, 0) is 5.41 Å². The zero-order valence-corrected chi connectivity index (χ0v) is 16.2. The monoisotopic (exact) mass is 370 g/mol. The van der Waals surface area contributed by atoms with Gasteiger partial charge in [-0.3, -0.25) is 0 Å². The van der Waals surface area contributed by atoms with Gasteiger partial charge in [-0.2, -0.15) is 0 Å². The Kier molecular flexibility index (Phi) is 2.79. The van der Waals surface area contributed by atoms with Gasteiger partial charge in [0, 0.05) is 16.0 Å². The lowest BCUT2D eigenvalue weighted by atomic mass is 9.43. The van der Waals surface area contributed by atoms with Crippen molar-refractivity contribution >= 4 is 22.4 Å². The van der Waals surface area contributed by atoms with Crippen LogP contribution in [0.3, 0.4) is 0 Å². The number of hydrogen-bond donors (Lipinski definition) is 0. The smallest absolute Gasteiger partial charge is 0.0487 e. The van der Waals surface area contributed by atoms with Crippen LogP contribution < -0.4 is 0 Å². The number of halogens is 1. The van der Waals surface area contributed by atoms with E-state index in [0.29, 0.717) is 0 Å². The van der Waals surface area contributed by atoms with E-state index in [1.807, 2.05) is 0 Å². The second-order valence-electron chi connectivity index (χ2n) is 9.55. The third kappa shape index (κ3) is 1.68. The molecule has 0 N–H and O–H groups in total. The molecule has 4 bridgehead atoms. The Labute approximate surface area is 165 Å². The summed E-state index contributed by atoms with van der Waals surface area (Å²) in [6.07, 6.45) is 7.18. The van der Waals surface area contributed by atoms with E-state index in [4.69, 9.17) is 11.6 Å². The van der Waals surface area contributed by atoms with Gasteiger partial charge in [-0.1, -0.05) is 60.1 Å². The van der Waals surface area contributed by atoms with Gasteiger partial charge in [0.25, 0.3) is 0 Å². The van der Waals surface area contributed by atoms with Crippen LogP contribution in [0, 0.1) is 23.7 Å². The number of rotatable bonds is 0. The molecule has 0 aliphatic heterocycles. The van der Waals surface area contributed by atoms with Gasteiger partial charge < -0.3 is 0 Å². The van der Waals surface area contributed by atoms with Crippen LogP contribution in [0.5, 0.6) is 0 Å². The first kappa shape index (κ1) is 15.2. The molecule has 0 radical (unpaired) electrons. The average Bonchev–Trinajstić information content (AvgIpc) is 2.98. The molecule has 0 amide bonds. The third-order valence-corrected chi connectivity index (χ3v) is 8.82. The molecule has 0 unspecified atom stereocenters. The first-order valence-corrected chi connectivity index (χ1v) is 11.0. The molecule has 1 spiro atoms. The number of hydrogen-bond acceptors (Lipinski definition) is 0. The molecule has 8 rings (SSSR count). The maximum Gasteiger partial charge on any atom is 0.0487 e. The molecule has 134 valence electrons. The van der Waals surface area contributed by atoms with Crippen molar-refractivity contribution in [2.45, 2.75) is 37.5 Å². The minimum Gasteiger partial charge on any atom is -0.0837 e. The van der Waals surface area contributed by atoms with Crippen LogP contribution in [0.15, 0.2) is 54.6 Å². The summed E-state index contributed by atoms with van der Waals surface area (Å²) in [6, 6.07) is 20.4. The zero-order valence-electron chi connectivity index (χ0n) is 15.4.